The molecule has 2 heterocycles. The Morgan fingerprint density at radius 3 is 2.71 bits per heavy atom. The number of hydrogen-bond donors (Lipinski definition) is 1. The summed E-state index contributed by atoms with van der Waals surface area (Å²) in [7, 11) is 1.09. The first kappa shape index (κ1) is 15.5. The number of nitrogens with one attached hydrogen (secondary N) is 1. The average molecular weight is 332 g/mol. The number of hydrogen-bond acceptors (Lipinski definition) is 5. The molecule has 0 aliphatic rings. The Morgan fingerprint density at radius 2 is 1.96 bits per heavy atom. The zero-order valence-corrected chi connectivity index (χ0v) is 12.3. The second-order valence-corrected chi connectivity index (χ2v) is 4.74. The Hall–Kier alpha value is -3.36. The van der Waals surface area contributed by atoms with E-state index >= 15 is 0 Å². The third kappa shape index (κ3) is 2.67. The number of methoxy groups -OCH3 is 1. The molecule has 3 rings (SSSR count). The summed E-state index contributed by atoms with van der Waals surface area (Å²) in [4.78, 5) is 24.1. The smallest absolute Gasteiger partial charge is 0.340 e. The van der Waals surface area contributed by atoms with Gasteiger partial charge < -0.3 is 10.1 Å². The lowest BCUT2D eigenvalue weighted by Crippen LogP contribution is -2.17. The van der Waals surface area contributed by atoms with Crippen molar-refractivity contribution >= 4 is 23.2 Å². The SMILES string of the molecule is COC(=O)c1cc(F)c(F)cc1NC(=O)c1cccn2cnnc12. The number of rotatable bonds is 3. The molecular weight excluding hydrogens is 322 g/mol. The van der Waals surface area contributed by atoms with Crippen LogP contribution in [0.5, 0.6) is 0 Å². The lowest BCUT2D eigenvalue weighted by Gasteiger charge is -2.11. The van der Waals surface area contributed by atoms with Crippen LogP contribution in [0.2, 0.25) is 0 Å². The maximum absolute atomic E-state index is 13.5. The monoisotopic (exact) mass is 332 g/mol. The van der Waals surface area contributed by atoms with Gasteiger partial charge in [-0.05, 0) is 18.2 Å². The predicted octanol–water partition coefficient (Wildman–Crippen LogP) is 2.05. The van der Waals surface area contributed by atoms with Gasteiger partial charge in [0.15, 0.2) is 17.3 Å². The van der Waals surface area contributed by atoms with Gasteiger partial charge >= 0.3 is 5.97 Å². The third-order valence-corrected chi connectivity index (χ3v) is 3.28. The molecule has 1 aromatic carbocycles. The Labute approximate surface area is 133 Å². The minimum Gasteiger partial charge on any atom is -0.465 e. The maximum atomic E-state index is 13.5. The van der Waals surface area contributed by atoms with E-state index in [0.29, 0.717) is 12.1 Å². The van der Waals surface area contributed by atoms with Crippen LogP contribution in [0.15, 0.2) is 36.8 Å². The first-order chi connectivity index (χ1) is 11.5. The second kappa shape index (κ2) is 6.03. The molecule has 0 aliphatic carbocycles. The highest BCUT2D eigenvalue weighted by Gasteiger charge is 2.20. The Morgan fingerprint density at radius 1 is 1.21 bits per heavy atom. The van der Waals surface area contributed by atoms with Crippen LogP contribution in [0, 0.1) is 11.6 Å². The van der Waals surface area contributed by atoms with E-state index in [1.807, 2.05) is 0 Å². The molecule has 0 fully saturated rings. The lowest BCUT2D eigenvalue weighted by molar-refractivity contribution is 0.0601. The van der Waals surface area contributed by atoms with Gasteiger partial charge in [-0.3, -0.25) is 9.20 Å². The van der Waals surface area contributed by atoms with Crippen LogP contribution in [0.25, 0.3) is 5.65 Å². The van der Waals surface area contributed by atoms with Crippen molar-refractivity contribution in [2.45, 2.75) is 0 Å². The highest BCUT2D eigenvalue weighted by Crippen LogP contribution is 2.22. The van der Waals surface area contributed by atoms with Crippen LogP contribution in [0.1, 0.15) is 20.7 Å². The number of halogens is 2. The number of esters is 1. The van der Waals surface area contributed by atoms with E-state index in [1.165, 1.54) is 16.8 Å². The summed E-state index contributed by atoms with van der Waals surface area (Å²) < 4.78 is 32.9. The standard InChI is InChI=1S/C15H10F2N4O3/c1-24-15(23)9-5-10(16)11(17)6-12(9)19-14(22)8-3-2-4-21-7-18-20-13(8)21/h2-7H,1H3,(H,19,22). The van der Waals surface area contributed by atoms with Gasteiger partial charge in [0.05, 0.1) is 23.9 Å². The Bertz CT molecular complexity index is 955. The fourth-order valence-corrected chi connectivity index (χ4v) is 2.15. The molecule has 9 heteroatoms. The fraction of sp³-hybridized carbons (Fsp3) is 0.0667. The van der Waals surface area contributed by atoms with E-state index in [9.17, 15) is 18.4 Å². The summed E-state index contributed by atoms with van der Waals surface area (Å²) in [5.41, 5.74) is -0.0989. The zero-order valence-electron chi connectivity index (χ0n) is 12.3. The van der Waals surface area contributed by atoms with Gasteiger partial charge in [0.25, 0.3) is 5.91 Å². The highest BCUT2D eigenvalue weighted by molar-refractivity contribution is 6.10. The molecule has 2 aromatic heterocycles. The van der Waals surface area contributed by atoms with Gasteiger partial charge in [-0.15, -0.1) is 10.2 Å². The van der Waals surface area contributed by atoms with Crippen molar-refractivity contribution in [1.29, 1.82) is 0 Å². The summed E-state index contributed by atoms with van der Waals surface area (Å²) in [6.07, 6.45) is 3.05. The van der Waals surface area contributed by atoms with Crippen molar-refractivity contribution in [3.05, 3.63) is 59.6 Å². The summed E-state index contributed by atoms with van der Waals surface area (Å²) in [6, 6.07) is 4.45. The topological polar surface area (TPSA) is 85.6 Å². The number of aromatic nitrogens is 3. The molecule has 0 unspecified atom stereocenters. The molecule has 122 valence electrons. The van der Waals surface area contributed by atoms with Gasteiger partial charge in [0.1, 0.15) is 6.33 Å². The summed E-state index contributed by atoms with van der Waals surface area (Å²) in [5, 5.41) is 9.86. The van der Waals surface area contributed by atoms with Gasteiger partial charge in [-0.1, -0.05) is 0 Å². The predicted molar refractivity (Wildman–Crippen MR) is 78.6 cm³/mol. The number of fused-ring (bicyclic) bond motifs is 1. The normalized spacial score (nSPS) is 10.6. The van der Waals surface area contributed by atoms with Gasteiger partial charge in [0.2, 0.25) is 0 Å². The highest BCUT2D eigenvalue weighted by atomic mass is 19.2. The zero-order chi connectivity index (χ0) is 17.3. The third-order valence-electron chi connectivity index (χ3n) is 3.28. The number of carbonyl (C=O) groups excluding carboxylic acids is 2. The first-order valence-corrected chi connectivity index (χ1v) is 6.68. The molecule has 0 spiro atoms. The Balaban J connectivity index is 2.01. The fourth-order valence-electron chi connectivity index (χ4n) is 2.15. The quantitative estimate of drug-likeness (QED) is 0.742. The van der Waals surface area contributed by atoms with Crippen molar-refractivity contribution in [3.8, 4) is 0 Å². The molecule has 0 bridgehead atoms. The molecule has 0 aliphatic heterocycles. The van der Waals surface area contributed by atoms with Gasteiger partial charge in [-0.25, -0.2) is 13.6 Å². The van der Waals surface area contributed by atoms with Crippen molar-refractivity contribution in [1.82, 2.24) is 14.6 Å². The molecule has 3 aromatic rings. The van der Waals surface area contributed by atoms with E-state index in [4.69, 9.17) is 0 Å². The molecule has 1 N–H and O–H groups in total. The maximum Gasteiger partial charge on any atom is 0.340 e. The first-order valence-electron chi connectivity index (χ1n) is 6.68. The van der Waals surface area contributed by atoms with E-state index in [2.05, 4.69) is 20.3 Å². The molecular formula is C15H10F2N4O3. The van der Waals surface area contributed by atoms with Crippen LogP contribution in [-0.2, 0) is 4.74 Å². The molecule has 7 nitrogen and oxygen atoms in total. The van der Waals surface area contributed by atoms with E-state index in [1.54, 1.807) is 12.3 Å². The summed E-state index contributed by atoms with van der Waals surface area (Å²) in [5.74, 6) is -4.01. The van der Waals surface area contributed by atoms with Crippen molar-refractivity contribution in [2.24, 2.45) is 0 Å². The number of anilines is 1. The van der Waals surface area contributed by atoms with Crippen LogP contribution in [0.4, 0.5) is 14.5 Å². The van der Waals surface area contributed by atoms with E-state index in [0.717, 1.165) is 7.11 Å². The average Bonchev–Trinajstić information content (AvgIpc) is 3.05. The molecule has 0 radical (unpaired) electrons. The number of benzene rings is 1. The molecule has 0 saturated carbocycles. The van der Waals surface area contributed by atoms with Gasteiger partial charge in [-0.2, -0.15) is 0 Å². The van der Waals surface area contributed by atoms with E-state index < -0.39 is 23.5 Å². The van der Waals surface area contributed by atoms with E-state index in [-0.39, 0.29) is 22.5 Å². The molecule has 0 atom stereocenters. The van der Waals surface area contributed by atoms with Crippen molar-refractivity contribution < 1.29 is 23.1 Å². The number of carbonyl (C=O) groups is 2. The van der Waals surface area contributed by atoms with Crippen molar-refractivity contribution in [3.63, 3.8) is 0 Å². The lowest BCUT2D eigenvalue weighted by atomic mass is 10.1. The van der Waals surface area contributed by atoms with Crippen LogP contribution in [0.3, 0.4) is 0 Å². The molecule has 24 heavy (non-hydrogen) atoms. The van der Waals surface area contributed by atoms with Crippen LogP contribution < -0.4 is 5.32 Å². The minimum atomic E-state index is -1.23. The largest absolute Gasteiger partial charge is 0.465 e. The van der Waals surface area contributed by atoms with Crippen molar-refractivity contribution in [2.75, 3.05) is 12.4 Å². The number of pyridine rings is 1. The minimum absolute atomic E-state index is 0.149. The van der Waals surface area contributed by atoms with Crippen LogP contribution in [-0.4, -0.2) is 33.6 Å². The number of amides is 1. The summed E-state index contributed by atoms with van der Waals surface area (Å²) >= 11 is 0. The second-order valence-electron chi connectivity index (χ2n) is 4.74. The Kier molecular flexibility index (Phi) is 3.90. The number of nitrogens with zero attached hydrogens (tertiary/aromatic N) is 3. The number of ether oxygens (including phenoxy) is 1. The summed E-state index contributed by atoms with van der Waals surface area (Å²) in [6.45, 7) is 0. The molecule has 0 saturated heterocycles. The molecule has 1 amide bonds. The van der Waals surface area contributed by atoms with Gasteiger partial charge in [0, 0.05) is 12.3 Å². The van der Waals surface area contributed by atoms with Crippen LogP contribution >= 0.6 is 0 Å².